The van der Waals surface area contributed by atoms with Gasteiger partial charge in [0.15, 0.2) is 18.2 Å². The minimum absolute atomic E-state index is 0.104. The second-order valence-corrected chi connectivity index (χ2v) is 11.5. The summed E-state index contributed by atoms with van der Waals surface area (Å²) in [6.45, 7) is 6.06. The van der Waals surface area contributed by atoms with Crippen molar-refractivity contribution >= 4 is 69.4 Å². The average molecular weight is 520 g/mol. The SMILES string of the molecule is BC(B)(B)NC(=O)COc1cc2cc(Nc3nc(N4C[C@H](C)C[C@H](C)C4)ncc3Cl)ccc2n(C)c1=O. The molecule has 2 N–H and O–H groups in total. The van der Waals surface area contributed by atoms with E-state index < -0.39 is 0 Å². The fourth-order valence-electron chi connectivity index (χ4n) is 4.79. The molecular weight excluding hydrogens is 488 g/mol. The second-order valence-electron chi connectivity index (χ2n) is 11.1. The number of piperidine rings is 1. The molecule has 0 saturated carbocycles. The van der Waals surface area contributed by atoms with E-state index in [0.29, 0.717) is 28.6 Å². The summed E-state index contributed by atoms with van der Waals surface area (Å²) in [5.74, 6) is 2.11. The quantitative estimate of drug-likeness (QED) is 0.430. The van der Waals surface area contributed by atoms with Gasteiger partial charge in [-0.3, -0.25) is 9.59 Å². The number of ether oxygens (including phenoxy) is 1. The Hall–Kier alpha value is -3.14. The monoisotopic (exact) mass is 520 g/mol. The van der Waals surface area contributed by atoms with Gasteiger partial charge in [0.05, 0.1) is 11.7 Å². The standard InChI is InChI=1S/C24H32B3ClN6O3/c1-13-6-14(2)11-34(10-13)23-29-9-17(28)21(31-23)30-16-4-5-18-15(7-16)8-19(22(36)33(18)3)37-12-20(35)32-24(25,26)27/h4-5,7-9,13-14H,6,10-12,25-27H2,1-3H3,(H,32,35)(H,29,30,31)/t13-,14+. The molecule has 9 nitrogen and oxygen atoms in total. The Balaban J connectivity index is 1.58. The first-order valence-corrected chi connectivity index (χ1v) is 12.9. The lowest BCUT2D eigenvalue weighted by Gasteiger charge is -2.35. The van der Waals surface area contributed by atoms with E-state index in [1.54, 1.807) is 19.3 Å². The van der Waals surface area contributed by atoms with Crippen molar-refractivity contribution in [3.63, 3.8) is 0 Å². The molecule has 0 bridgehead atoms. The lowest BCUT2D eigenvalue weighted by Crippen LogP contribution is -2.51. The smallest absolute Gasteiger partial charge is 0.293 e. The zero-order chi connectivity index (χ0) is 26.9. The molecular formula is C24H32B3ClN6O3. The number of benzene rings is 1. The number of rotatable bonds is 7. The second kappa shape index (κ2) is 10.7. The minimum atomic E-state index is -0.387. The topological polar surface area (TPSA) is 101 Å². The van der Waals surface area contributed by atoms with Gasteiger partial charge in [-0.15, -0.1) is 0 Å². The lowest BCUT2D eigenvalue weighted by molar-refractivity contribution is -0.123. The Morgan fingerprint density at radius 3 is 2.59 bits per heavy atom. The molecule has 1 aromatic carbocycles. The molecule has 0 aliphatic carbocycles. The number of aryl methyl sites for hydroxylation is 1. The van der Waals surface area contributed by atoms with Crippen LogP contribution in [0.4, 0.5) is 17.5 Å². The highest BCUT2D eigenvalue weighted by molar-refractivity contribution is 6.59. The molecule has 3 aromatic rings. The van der Waals surface area contributed by atoms with Crippen LogP contribution in [-0.2, 0) is 11.8 Å². The van der Waals surface area contributed by atoms with Crippen LogP contribution in [0.3, 0.4) is 0 Å². The van der Waals surface area contributed by atoms with Crippen molar-refractivity contribution in [1.29, 1.82) is 0 Å². The average Bonchev–Trinajstić information content (AvgIpc) is 2.80. The fourth-order valence-corrected chi connectivity index (χ4v) is 4.93. The van der Waals surface area contributed by atoms with Gasteiger partial charge in [0.2, 0.25) is 5.95 Å². The van der Waals surface area contributed by atoms with Crippen molar-refractivity contribution in [2.45, 2.75) is 25.5 Å². The van der Waals surface area contributed by atoms with Crippen molar-refractivity contribution in [3.8, 4) is 5.75 Å². The number of carbonyl (C=O) groups is 1. The normalized spacial score (nSPS) is 18.0. The predicted octanol–water partition coefficient (Wildman–Crippen LogP) is 0.213. The molecule has 0 unspecified atom stereocenters. The van der Waals surface area contributed by atoms with E-state index in [-0.39, 0.29) is 29.1 Å². The van der Waals surface area contributed by atoms with Gasteiger partial charge in [-0.1, -0.05) is 25.4 Å². The van der Waals surface area contributed by atoms with Crippen LogP contribution >= 0.6 is 11.6 Å². The van der Waals surface area contributed by atoms with E-state index in [1.165, 1.54) is 11.0 Å². The third-order valence-electron chi connectivity index (χ3n) is 6.21. The van der Waals surface area contributed by atoms with Gasteiger partial charge in [-0.2, -0.15) is 4.98 Å². The van der Waals surface area contributed by atoms with Crippen molar-refractivity contribution in [2.24, 2.45) is 18.9 Å². The van der Waals surface area contributed by atoms with Crippen molar-refractivity contribution in [3.05, 3.63) is 45.8 Å². The Bertz CT molecular complexity index is 1370. The van der Waals surface area contributed by atoms with E-state index in [9.17, 15) is 9.59 Å². The van der Waals surface area contributed by atoms with Crippen molar-refractivity contribution < 1.29 is 9.53 Å². The third-order valence-corrected chi connectivity index (χ3v) is 6.49. The van der Waals surface area contributed by atoms with Crippen molar-refractivity contribution in [2.75, 3.05) is 29.9 Å². The van der Waals surface area contributed by atoms with Gasteiger partial charge >= 0.3 is 0 Å². The highest BCUT2D eigenvalue weighted by atomic mass is 35.5. The summed E-state index contributed by atoms with van der Waals surface area (Å²) >= 11 is 6.44. The summed E-state index contributed by atoms with van der Waals surface area (Å²) in [6, 6.07) is 7.25. The number of halogens is 1. The molecule has 1 aliphatic rings. The molecule has 2 aromatic heterocycles. The molecule has 1 amide bonds. The molecule has 4 rings (SSSR count). The summed E-state index contributed by atoms with van der Waals surface area (Å²) < 4.78 is 7.10. The number of fused-ring (bicyclic) bond motifs is 1. The molecule has 1 fully saturated rings. The Labute approximate surface area is 224 Å². The number of nitrogens with one attached hydrogen (secondary N) is 2. The summed E-state index contributed by atoms with van der Waals surface area (Å²) in [5.41, 5.74) is 1.16. The molecule has 2 atom stereocenters. The summed E-state index contributed by atoms with van der Waals surface area (Å²) in [4.78, 5) is 36.3. The molecule has 37 heavy (non-hydrogen) atoms. The molecule has 13 heteroatoms. The van der Waals surface area contributed by atoms with Gasteiger partial charge in [0, 0.05) is 31.2 Å². The molecule has 1 aliphatic heterocycles. The first-order chi connectivity index (χ1) is 17.4. The zero-order valence-electron chi connectivity index (χ0n) is 22.3. The van der Waals surface area contributed by atoms with E-state index >= 15 is 0 Å². The van der Waals surface area contributed by atoms with Gasteiger partial charge < -0.3 is 24.8 Å². The molecule has 0 spiro atoms. The van der Waals surface area contributed by atoms with Crippen LogP contribution in [0.2, 0.25) is 5.02 Å². The molecule has 192 valence electrons. The maximum atomic E-state index is 12.8. The summed E-state index contributed by atoms with van der Waals surface area (Å²) in [7, 11) is 7.33. The third kappa shape index (κ3) is 6.60. The van der Waals surface area contributed by atoms with Crippen molar-refractivity contribution in [1.82, 2.24) is 19.9 Å². The summed E-state index contributed by atoms with van der Waals surface area (Å²) in [5, 5.41) is 6.91. The van der Waals surface area contributed by atoms with Crippen LogP contribution in [0.15, 0.2) is 35.3 Å². The predicted molar refractivity (Wildman–Crippen MR) is 157 cm³/mol. The van der Waals surface area contributed by atoms with Gasteiger partial charge in [-0.25, -0.2) is 4.98 Å². The Morgan fingerprint density at radius 2 is 1.92 bits per heavy atom. The molecule has 1 saturated heterocycles. The number of aromatic nitrogens is 3. The van der Waals surface area contributed by atoms with Crippen LogP contribution in [0.5, 0.6) is 5.75 Å². The van der Waals surface area contributed by atoms with Crippen LogP contribution in [0, 0.1) is 11.8 Å². The van der Waals surface area contributed by atoms with Crippen LogP contribution < -0.4 is 25.8 Å². The number of carbonyl (C=O) groups excluding carboxylic acids is 1. The molecule has 3 heterocycles. The first-order valence-electron chi connectivity index (χ1n) is 12.5. The van der Waals surface area contributed by atoms with Gasteiger partial charge in [-0.05, 0) is 47.8 Å². The number of hydrogen-bond acceptors (Lipinski definition) is 7. The lowest BCUT2D eigenvalue weighted by atomic mass is 9.49. The number of pyridine rings is 1. The zero-order valence-corrected chi connectivity index (χ0v) is 23.0. The highest BCUT2D eigenvalue weighted by Crippen LogP contribution is 2.29. The molecule has 0 radical (unpaired) electrons. The van der Waals surface area contributed by atoms with Gasteiger partial charge in [0.1, 0.15) is 28.6 Å². The highest BCUT2D eigenvalue weighted by Gasteiger charge is 2.24. The largest absolute Gasteiger partial charge is 0.478 e. The Morgan fingerprint density at radius 1 is 1.22 bits per heavy atom. The fraction of sp³-hybridized carbons (Fsp3) is 0.417. The number of anilines is 3. The number of amides is 1. The Kier molecular flexibility index (Phi) is 7.78. The van der Waals surface area contributed by atoms with E-state index in [0.717, 1.165) is 29.7 Å². The van der Waals surface area contributed by atoms with Crippen LogP contribution in [0.25, 0.3) is 10.9 Å². The van der Waals surface area contributed by atoms with Crippen LogP contribution in [-0.4, -0.2) is 68.9 Å². The van der Waals surface area contributed by atoms with E-state index in [1.807, 2.05) is 41.7 Å². The van der Waals surface area contributed by atoms with Crippen LogP contribution in [0.1, 0.15) is 20.3 Å². The minimum Gasteiger partial charge on any atom is -0.478 e. The maximum absolute atomic E-state index is 12.8. The number of hydrogen-bond donors (Lipinski definition) is 2. The summed E-state index contributed by atoms with van der Waals surface area (Å²) in [6.07, 6.45) is 2.82. The van der Waals surface area contributed by atoms with Gasteiger partial charge in [0.25, 0.3) is 11.5 Å². The first kappa shape index (κ1) is 26.9. The number of nitrogens with zero attached hydrogens (tertiary/aromatic N) is 4. The van der Waals surface area contributed by atoms with E-state index in [4.69, 9.17) is 21.3 Å². The maximum Gasteiger partial charge on any atom is 0.293 e. The van der Waals surface area contributed by atoms with E-state index in [2.05, 4.69) is 34.4 Å².